The lowest BCUT2D eigenvalue weighted by Crippen LogP contribution is -2.42. The molecule has 2 aromatic rings. The zero-order valence-corrected chi connectivity index (χ0v) is 11.9. The van der Waals surface area contributed by atoms with Gasteiger partial charge in [0.05, 0.1) is 0 Å². The lowest BCUT2D eigenvalue weighted by atomic mass is 9.93. The number of nitrogens with zero attached hydrogens (tertiary/aromatic N) is 1. The number of rotatable bonds is 4. The van der Waals surface area contributed by atoms with E-state index in [1.54, 1.807) is 12.1 Å². The highest BCUT2D eigenvalue weighted by Gasteiger charge is 2.33. The van der Waals surface area contributed by atoms with Gasteiger partial charge in [0.15, 0.2) is 0 Å². The SMILES string of the molecule is CC(CCO)CN1C(=O)c2cccc3cccc(c23)C1=O. The summed E-state index contributed by atoms with van der Waals surface area (Å²) in [5.41, 5.74) is 1.16. The Morgan fingerprint density at radius 2 is 1.62 bits per heavy atom. The van der Waals surface area contributed by atoms with Gasteiger partial charge in [0.25, 0.3) is 11.8 Å². The van der Waals surface area contributed by atoms with E-state index in [2.05, 4.69) is 0 Å². The number of hydrogen-bond acceptors (Lipinski definition) is 3. The van der Waals surface area contributed by atoms with Gasteiger partial charge in [-0.25, -0.2) is 0 Å². The molecule has 0 radical (unpaired) electrons. The van der Waals surface area contributed by atoms with Crippen LogP contribution in [0.15, 0.2) is 36.4 Å². The molecule has 1 atom stereocenters. The van der Waals surface area contributed by atoms with Crippen molar-refractivity contribution in [2.45, 2.75) is 13.3 Å². The van der Waals surface area contributed by atoms with Crippen molar-refractivity contribution >= 4 is 22.6 Å². The van der Waals surface area contributed by atoms with Crippen LogP contribution in [0.5, 0.6) is 0 Å². The Morgan fingerprint density at radius 1 is 1.05 bits per heavy atom. The van der Waals surface area contributed by atoms with E-state index >= 15 is 0 Å². The first kappa shape index (κ1) is 13.8. The molecule has 4 nitrogen and oxygen atoms in total. The quantitative estimate of drug-likeness (QED) is 0.877. The highest BCUT2D eigenvalue weighted by Crippen LogP contribution is 2.30. The topological polar surface area (TPSA) is 57.6 Å². The van der Waals surface area contributed by atoms with Crippen molar-refractivity contribution in [3.8, 4) is 0 Å². The smallest absolute Gasteiger partial charge is 0.261 e. The second-order valence-electron chi connectivity index (χ2n) is 5.55. The van der Waals surface area contributed by atoms with Crippen LogP contribution in [0.25, 0.3) is 10.8 Å². The number of aliphatic hydroxyl groups is 1. The molecule has 4 heteroatoms. The van der Waals surface area contributed by atoms with Gasteiger partial charge in [0, 0.05) is 29.7 Å². The predicted molar refractivity (Wildman–Crippen MR) is 80.2 cm³/mol. The van der Waals surface area contributed by atoms with Crippen LogP contribution in [0.2, 0.25) is 0 Å². The average molecular weight is 283 g/mol. The van der Waals surface area contributed by atoms with Crippen molar-refractivity contribution < 1.29 is 14.7 Å². The lowest BCUT2D eigenvalue weighted by molar-refractivity contribution is 0.0580. The van der Waals surface area contributed by atoms with Crippen molar-refractivity contribution in [3.63, 3.8) is 0 Å². The molecule has 108 valence electrons. The maximum absolute atomic E-state index is 12.6. The van der Waals surface area contributed by atoms with E-state index < -0.39 is 0 Å². The molecule has 1 heterocycles. The van der Waals surface area contributed by atoms with Gasteiger partial charge >= 0.3 is 0 Å². The molecule has 1 N–H and O–H groups in total. The van der Waals surface area contributed by atoms with Gasteiger partial charge in [0.1, 0.15) is 0 Å². The Labute approximate surface area is 123 Å². The van der Waals surface area contributed by atoms with Crippen molar-refractivity contribution in [2.24, 2.45) is 5.92 Å². The van der Waals surface area contributed by atoms with Crippen molar-refractivity contribution in [1.29, 1.82) is 0 Å². The molecular formula is C17H17NO3. The Kier molecular flexibility index (Phi) is 3.47. The summed E-state index contributed by atoms with van der Waals surface area (Å²) in [6, 6.07) is 11.0. The second-order valence-corrected chi connectivity index (χ2v) is 5.55. The molecule has 0 saturated heterocycles. The summed E-state index contributed by atoms with van der Waals surface area (Å²) in [6.45, 7) is 2.32. The van der Waals surface area contributed by atoms with Crippen LogP contribution in [0.4, 0.5) is 0 Å². The fourth-order valence-corrected chi connectivity index (χ4v) is 2.87. The number of benzene rings is 2. The molecule has 1 aliphatic rings. The van der Waals surface area contributed by atoms with Gasteiger partial charge in [-0.2, -0.15) is 0 Å². The van der Waals surface area contributed by atoms with E-state index in [0.29, 0.717) is 24.1 Å². The van der Waals surface area contributed by atoms with Crippen LogP contribution in [-0.2, 0) is 0 Å². The van der Waals surface area contributed by atoms with Crippen LogP contribution < -0.4 is 0 Å². The van der Waals surface area contributed by atoms with Gasteiger partial charge in [-0.1, -0.05) is 31.2 Å². The third-order valence-electron chi connectivity index (χ3n) is 3.97. The molecular weight excluding hydrogens is 266 g/mol. The van der Waals surface area contributed by atoms with E-state index in [9.17, 15) is 9.59 Å². The Hall–Kier alpha value is -2.20. The molecule has 2 aromatic carbocycles. The summed E-state index contributed by atoms with van der Waals surface area (Å²) in [7, 11) is 0. The second kappa shape index (κ2) is 5.30. The van der Waals surface area contributed by atoms with Crippen molar-refractivity contribution in [1.82, 2.24) is 4.90 Å². The number of carbonyl (C=O) groups is 2. The van der Waals surface area contributed by atoms with Gasteiger partial charge in [-0.05, 0) is 29.9 Å². The fourth-order valence-electron chi connectivity index (χ4n) is 2.87. The maximum Gasteiger partial charge on any atom is 0.261 e. The fraction of sp³-hybridized carbons (Fsp3) is 0.294. The molecule has 0 fully saturated rings. The first-order chi connectivity index (χ1) is 10.1. The Bertz CT molecular complexity index is 672. The summed E-state index contributed by atoms with van der Waals surface area (Å²) >= 11 is 0. The molecule has 3 rings (SSSR count). The first-order valence-corrected chi connectivity index (χ1v) is 7.12. The van der Waals surface area contributed by atoms with Crippen LogP contribution in [0, 0.1) is 5.92 Å². The molecule has 0 aliphatic carbocycles. The van der Waals surface area contributed by atoms with Crippen LogP contribution in [0.1, 0.15) is 34.1 Å². The number of amides is 2. The molecule has 0 aromatic heterocycles. The lowest BCUT2D eigenvalue weighted by Gasteiger charge is -2.29. The van der Waals surface area contributed by atoms with Crippen LogP contribution >= 0.6 is 0 Å². The highest BCUT2D eigenvalue weighted by molar-refractivity contribution is 6.25. The van der Waals surface area contributed by atoms with E-state index in [1.807, 2.05) is 31.2 Å². The molecule has 21 heavy (non-hydrogen) atoms. The minimum atomic E-state index is -0.242. The number of aliphatic hydroxyl groups excluding tert-OH is 1. The van der Waals surface area contributed by atoms with Crippen molar-refractivity contribution in [2.75, 3.05) is 13.2 Å². The monoisotopic (exact) mass is 283 g/mol. The van der Waals surface area contributed by atoms with E-state index in [4.69, 9.17) is 5.11 Å². The van der Waals surface area contributed by atoms with Gasteiger partial charge in [-0.15, -0.1) is 0 Å². The molecule has 0 bridgehead atoms. The summed E-state index contributed by atoms with van der Waals surface area (Å²) in [5.74, 6) is -0.407. The molecule has 2 amide bonds. The summed E-state index contributed by atoms with van der Waals surface area (Å²) in [6.07, 6.45) is 0.572. The minimum Gasteiger partial charge on any atom is -0.396 e. The number of imide groups is 1. The average Bonchev–Trinajstić information content (AvgIpc) is 2.49. The van der Waals surface area contributed by atoms with Gasteiger partial charge in [-0.3, -0.25) is 14.5 Å². The zero-order valence-electron chi connectivity index (χ0n) is 11.9. The molecule has 0 saturated carbocycles. The van der Waals surface area contributed by atoms with E-state index in [0.717, 1.165) is 10.8 Å². The normalized spacial score (nSPS) is 15.6. The van der Waals surface area contributed by atoms with E-state index in [-0.39, 0.29) is 24.3 Å². The Balaban J connectivity index is 2.07. The van der Waals surface area contributed by atoms with Crippen molar-refractivity contribution in [3.05, 3.63) is 47.5 Å². The first-order valence-electron chi connectivity index (χ1n) is 7.12. The predicted octanol–water partition coefficient (Wildman–Crippen LogP) is 2.45. The number of hydrogen-bond donors (Lipinski definition) is 1. The number of carbonyl (C=O) groups excluding carboxylic acids is 2. The molecule has 1 unspecified atom stereocenters. The Morgan fingerprint density at radius 3 is 2.14 bits per heavy atom. The largest absolute Gasteiger partial charge is 0.396 e. The van der Waals surface area contributed by atoms with Crippen LogP contribution in [-0.4, -0.2) is 35.0 Å². The summed E-state index contributed by atoms with van der Waals surface area (Å²) in [5, 5.41) is 10.7. The summed E-state index contributed by atoms with van der Waals surface area (Å²) < 4.78 is 0. The zero-order chi connectivity index (χ0) is 15.0. The highest BCUT2D eigenvalue weighted by atomic mass is 16.3. The van der Waals surface area contributed by atoms with Crippen LogP contribution in [0.3, 0.4) is 0 Å². The van der Waals surface area contributed by atoms with Gasteiger partial charge in [0.2, 0.25) is 0 Å². The molecule has 1 aliphatic heterocycles. The standard InChI is InChI=1S/C17H17NO3/c1-11(8-9-19)10-18-16(20)13-6-2-4-12-5-3-7-14(15(12)13)17(18)21/h2-7,11,19H,8-10H2,1H3. The maximum atomic E-state index is 12.6. The third kappa shape index (κ3) is 2.21. The van der Waals surface area contributed by atoms with E-state index in [1.165, 1.54) is 4.90 Å². The molecule has 0 spiro atoms. The minimum absolute atomic E-state index is 0.0591. The summed E-state index contributed by atoms with van der Waals surface area (Å²) in [4.78, 5) is 26.5. The van der Waals surface area contributed by atoms with Gasteiger partial charge < -0.3 is 5.11 Å². The third-order valence-corrected chi connectivity index (χ3v) is 3.97.